The number of non-ortho nitro benzene ring substituents is 1. The molecule has 0 spiro atoms. The van der Waals surface area contributed by atoms with Gasteiger partial charge < -0.3 is 15.4 Å². The normalized spacial score (nSPS) is 11.4. The van der Waals surface area contributed by atoms with Gasteiger partial charge in [-0.3, -0.25) is 19.7 Å². The first-order chi connectivity index (χ1) is 16.7. The van der Waals surface area contributed by atoms with E-state index in [0.717, 1.165) is 10.5 Å². The Kier molecular flexibility index (Phi) is 8.73. The van der Waals surface area contributed by atoms with Gasteiger partial charge in [-0.2, -0.15) is 0 Å². The number of halogens is 1. The number of methoxy groups -OCH3 is 1. The second-order valence-electron chi connectivity index (χ2n) is 7.59. The third-order valence-corrected chi connectivity index (χ3v) is 6.88. The van der Waals surface area contributed by atoms with Gasteiger partial charge in [0.25, 0.3) is 11.6 Å². The van der Waals surface area contributed by atoms with E-state index in [2.05, 4.69) is 10.6 Å². The third kappa shape index (κ3) is 6.74. The number of hydrogen-bond acceptors (Lipinski definition) is 6. The summed E-state index contributed by atoms with van der Waals surface area (Å²) in [6.45, 7) is 3.77. The molecule has 2 N–H and O–H groups in total. The van der Waals surface area contributed by atoms with Crippen LogP contribution in [-0.4, -0.2) is 29.1 Å². The monoisotopic (exact) mass is 513 g/mol. The molecule has 0 aliphatic rings. The molecule has 8 nitrogen and oxygen atoms in total. The largest absolute Gasteiger partial charge is 0.495 e. The Labute approximate surface area is 212 Å². The lowest BCUT2D eigenvalue weighted by Crippen LogP contribution is -2.24. The van der Waals surface area contributed by atoms with Crippen molar-refractivity contribution in [3.05, 3.63) is 86.9 Å². The van der Waals surface area contributed by atoms with E-state index in [1.165, 1.54) is 43.1 Å². The number of hydrogen-bond donors (Lipinski definition) is 2. The number of amides is 2. The highest BCUT2D eigenvalue weighted by molar-refractivity contribution is 8.00. The Morgan fingerprint density at radius 3 is 2.46 bits per heavy atom. The summed E-state index contributed by atoms with van der Waals surface area (Å²) in [5, 5.41) is 16.7. The molecule has 35 heavy (non-hydrogen) atoms. The van der Waals surface area contributed by atoms with Crippen LogP contribution in [0.3, 0.4) is 0 Å². The molecule has 10 heteroatoms. The number of aryl methyl sites for hydroxylation is 1. The summed E-state index contributed by atoms with van der Waals surface area (Å²) in [6, 6.07) is 15.9. The number of nitrogens with zero attached hydrogens (tertiary/aromatic N) is 1. The molecule has 3 aromatic carbocycles. The fraction of sp³-hybridized carbons (Fsp3) is 0.200. The number of nitro benzene ring substituents is 1. The molecule has 2 amide bonds. The van der Waals surface area contributed by atoms with Crippen LogP contribution in [-0.2, 0) is 4.79 Å². The average molecular weight is 514 g/mol. The van der Waals surface area contributed by atoms with E-state index < -0.39 is 16.1 Å². The molecule has 0 bridgehead atoms. The SMILES string of the molecule is CCC(Sc1cccc(NC(=O)c2ccc([N+](=O)[O-])cc2)c1)C(=O)Nc1cc(C)c(Cl)cc1OC. The van der Waals surface area contributed by atoms with Crippen molar-refractivity contribution in [1.82, 2.24) is 0 Å². The van der Waals surface area contributed by atoms with E-state index in [4.69, 9.17) is 16.3 Å². The Hall–Kier alpha value is -3.56. The first-order valence-corrected chi connectivity index (χ1v) is 11.9. The van der Waals surface area contributed by atoms with Gasteiger partial charge in [0.2, 0.25) is 5.91 Å². The first-order valence-electron chi connectivity index (χ1n) is 10.7. The van der Waals surface area contributed by atoms with Crippen LogP contribution in [0.25, 0.3) is 0 Å². The molecule has 0 heterocycles. The molecule has 0 saturated heterocycles. The highest BCUT2D eigenvalue weighted by atomic mass is 35.5. The highest BCUT2D eigenvalue weighted by Crippen LogP contribution is 2.33. The van der Waals surface area contributed by atoms with E-state index >= 15 is 0 Å². The van der Waals surface area contributed by atoms with Crippen LogP contribution in [0.15, 0.2) is 65.6 Å². The fourth-order valence-electron chi connectivity index (χ4n) is 3.21. The number of ether oxygens (including phenoxy) is 1. The maximum absolute atomic E-state index is 13.0. The van der Waals surface area contributed by atoms with Crippen LogP contribution < -0.4 is 15.4 Å². The number of nitrogens with one attached hydrogen (secondary N) is 2. The van der Waals surface area contributed by atoms with Crippen LogP contribution in [0.4, 0.5) is 17.1 Å². The zero-order valence-corrected chi connectivity index (χ0v) is 20.9. The summed E-state index contributed by atoms with van der Waals surface area (Å²) >= 11 is 7.53. The second kappa shape index (κ2) is 11.7. The summed E-state index contributed by atoms with van der Waals surface area (Å²) < 4.78 is 5.34. The predicted molar refractivity (Wildman–Crippen MR) is 139 cm³/mol. The summed E-state index contributed by atoms with van der Waals surface area (Å²) in [6.07, 6.45) is 0.574. The molecule has 182 valence electrons. The lowest BCUT2D eigenvalue weighted by molar-refractivity contribution is -0.384. The van der Waals surface area contributed by atoms with E-state index in [1.807, 2.05) is 19.9 Å². The molecular formula is C25H24ClN3O5S. The molecule has 0 saturated carbocycles. The van der Waals surface area contributed by atoms with Gasteiger partial charge in [0, 0.05) is 39.4 Å². The van der Waals surface area contributed by atoms with Crippen molar-refractivity contribution >= 4 is 52.2 Å². The standard InChI is InChI=1S/C25H24ClN3O5S/c1-4-23(25(31)28-21-12-15(2)20(26)14-22(21)34-3)35-19-7-5-6-17(13-19)27-24(30)16-8-10-18(11-9-16)29(32)33/h5-14,23H,4H2,1-3H3,(H,27,30)(H,28,31). The van der Waals surface area contributed by atoms with Crippen LogP contribution >= 0.6 is 23.4 Å². The predicted octanol–water partition coefficient (Wildman–Crippen LogP) is 6.33. The van der Waals surface area contributed by atoms with Crippen molar-refractivity contribution < 1.29 is 19.2 Å². The van der Waals surface area contributed by atoms with E-state index in [0.29, 0.717) is 34.1 Å². The zero-order valence-electron chi connectivity index (χ0n) is 19.3. The lowest BCUT2D eigenvalue weighted by Gasteiger charge is -2.17. The van der Waals surface area contributed by atoms with E-state index in [9.17, 15) is 19.7 Å². The van der Waals surface area contributed by atoms with Gasteiger partial charge in [-0.05, 0) is 55.3 Å². The number of carbonyl (C=O) groups excluding carboxylic acids is 2. The van der Waals surface area contributed by atoms with Crippen molar-refractivity contribution in [2.24, 2.45) is 0 Å². The summed E-state index contributed by atoms with van der Waals surface area (Å²) in [4.78, 5) is 36.6. The topological polar surface area (TPSA) is 111 Å². The van der Waals surface area contributed by atoms with E-state index in [1.54, 1.807) is 30.3 Å². The molecule has 1 unspecified atom stereocenters. The molecule has 0 radical (unpaired) electrons. The number of nitro groups is 1. The van der Waals surface area contributed by atoms with Crippen LogP contribution in [0.5, 0.6) is 5.75 Å². The zero-order chi connectivity index (χ0) is 25.5. The fourth-order valence-corrected chi connectivity index (χ4v) is 4.38. The summed E-state index contributed by atoms with van der Waals surface area (Å²) in [5.74, 6) is -0.0976. The van der Waals surface area contributed by atoms with Crippen LogP contribution in [0.2, 0.25) is 5.02 Å². The van der Waals surface area contributed by atoms with Gasteiger partial charge in [-0.25, -0.2) is 0 Å². The van der Waals surface area contributed by atoms with Crippen molar-refractivity contribution in [2.75, 3.05) is 17.7 Å². The van der Waals surface area contributed by atoms with Crippen molar-refractivity contribution in [1.29, 1.82) is 0 Å². The Morgan fingerprint density at radius 1 is 1.11 bits per heavy atom. The van der Waals surface area contributed by atoms with Crippen LogP contribution in [0.1, 0.15) is 29.3 Å². The Bertz CT molecular complexity index is 1250. The minimum atomic E-state index is -0.521. The maximum atomic E-state index is 13.0. The number of anilines is 2. The number of rotatable bonds is 9. The maximum Gasteiger partial charge on any atom is 0.269 e. The third-order valence-electron chi connectivity index (χ3n) is 5.11. The smallest absolute Gasteiger partial charge is 0.269 e. The Morgan fingerprint density at radius 2 is 1.83 bits per heavy atom. The first kappa shape index (κ1) is 26.1. The molecule has 3 aromatic rings. The van der Waals surface area contributed by atoms with Gasteiger partial charge in [0.15, 0.2) is 0 Å². The molecule has 0 aliphatic heterocycles. The van der Waals surface area contributed by atoms with Crippen molar-refractivity contribution in [2.45, 2.75) is 30.4 Å². The number of carbonyl (C=O) groups is 2. The highest BCUT2D eigenvalue weighted by Gasteiger charge is 2.20. The molecule has 1 atom stereocenters. The number of benzene rings is 3. The molecular weight excluding hydrogens is 490 g/mol. The molecule has 0 aromatic heterocycles. The average Bonchev–Trinajstić information content (AvgIpc) is 2.84. The quantitative estimate of drug-likeness (QED) is 0.196. The van der Waals surface area contributed by atoms with Crippen molar-refractivity contribution in [3.8, 4) is 5.75 Å². The van der Waals surface area contributed by atoms with Gasteiger partial charge in [-0.1, -0.05) is 24.6 Å². The molecule has 3 rings (SSSR count). The van der Waals surface area contributed by atoms with E-state index in [-0.39, 0.29) is 11.6 Å². The van der Waals surface area contributed by atoms with Gasteiger partial charge >= 0.3 is 0 Å². The minimum Gasteiger partial charge on any atom is -0.495 e. The van der Waals surface area contributed by atoms with Crippen LogP contribution in [0, 0.1) is 17.0 Å². The lowest BCUT2D eigenvalue weighted by atomic mass is 10.2. The summed E-state index contributed by atoms with van der Waals surface area (Å²) in [7, 11) is 1.51. The summed E-state index contributed by atoms with van der Waals surface area (Å²) in [5.41, 5.74) is 2.12. The van der Waals surface area contributed by atoms with Gasteiger partial charge in [0.05, 0.1) is 23.0 Å². The molecule has 0 fully saturated rings. The van der Waals surface area contributed by atoms with Crippen molar-refractivity contribution in [3.63, 3.8) is 0 Å². The molecule has 0 aliphatic carbocycles. The minimum absolute atomic E-state index is 0.0878. The van der Waals surface area contributed by atoms with Gasteiger partial charge in [-0.15, -0.1) is 11.8 Å². The second-order valence-corrected chi connectivity index (χ2v) is 9.27. The Balaban J connectivity index is 1.69. The number of thioether (sulfide) groups is 1. The van der Waals surface area contributed by atoms with Gasteiger partial charge in [0.1, 0.15) is 5.75 Å².